The largest absolute Gasteiger partial charge is 0.495 e. The smallest absolute Gasteiger partial charge is 0.138 e. The van der Waals surface area contributed by atoms with E-state index >= 15 is 0 Å². The Morgan fingerprint density at radius 3 is 2.65 bits per heavy atom. The number of hydrogen-bond donors (Lipinski definition) is 2. The molecule has 3 aromatic rings. The Hall–Kier alpha value is -2.04. The van der Waals surface area contributed by atoms with Gasteiger partial charge in [0.1, 0.15) is 11.4 Å². The number of H-pyrrole nitrogens is 1. The van der Waals surface area contributed by atoms with Gasteiger partial charge in [-0.2, -0.15) is 0 Å². The van der Waals surface area contributed by atoms with Crippen molar-refractivity contribution in [1.82, 2.24) is 9.97 Å². The van der Waals surface area contributed by atoms with Gasteiger partial charge in [-0.15, -0.1) is 0 Å². The monoisotopic (exact) mass is 330 g/mol. The number of nitrogens with zero attached hydrogens (tertiary/aromatic N) is 1. The molecule has 1 unspecified atom stereocenters. The zero-order chi connectivity index (χ0) is 16.6. The molecule has 0 fully saturated rings. The molecule has 2 N–H and O–H groups in total. The summed E-state index contributed by atoms with van der Waals surface area (Å²) in [7, 11) is 1.59. The van der Waals surface area contributed by atoms with Crippen molar-refractivity contribution in [3.05, 3.63) is 59.1 Å². The first-order valence-corrected chi connectivity index (χ1v) is 7.84. The quantitative estimate of drug-likeness (QED) is 0.756. The molecule has 4 nitrogen and oxygen atoms in total. The number of methoxy groups -OCH3 is 1. The number of halogens is 1. The van der Waals surface area contributed by atoms with Crippen LogP contribution in [-0.2, 0) is 5.60 Å². The van der Waals surface area contributed by atoms with Gasteiger partial charge in [-0.05, 0) is 29.0 Å². The summed E-state index contributed by atoms with van der Waals surface area (Å²) in [4.78, 5) is 7.17. The van der Waals surface area contributed by atoms with Gasteiger partial charge < -0.3 is 14.8 Å². The van der Waals surface area contributed by atoms with E-state index in [1.807, 2.05) is 44.2 Å². The molecule has 0 amide bonds. The Morgan fingerprint density at radius 1 is 1.26 bits per heavy atom. The van der Waals surface area contributed by atoms with Crippen LogP contribution in [0.4, 0.5) is 0 Å². The molecule has 0 aliphatic rings. The average molecular weight is 331 g/mol. The molecule has 2 aromatic carbocycles. The predicted octanol–water partition coefficient (Wildman–Crippen LogP) is 4.12. The highest BCUT2D eigenvalue weighted by Crippen LogP contribution is 2.39. The molecule has 1 aromatic heterocycles. The fraction of sp³-hybridized carbons (Fsp3) is 0.278. The number of imidazole rings is 1. The van der Waals surface area contributed by atoms with Gasteiger partial charge in [0.2, 0.25) is 0 Å². The van der Waals surface area contributed by atoms with Crippen LogP contribution in [-0.4, -0.2) is 22.2 Å². The van der Waals surface area contributed by atoms with Crippen molar-refractivity contribution >= 4 is 22.4 Å². The van der Waals surface area contributed by atoms with E-state index in [9.17, 15) is 5.11 Å². The van der Waals surface area contributed by atoms with Crippen LogP contribution in [0, 0.1) is 5.92 Å². The summed E-state index contributed by atoms with van der Waals surface area (Å²) < 4.78 is 5.25. The summed E-state index contributed by atoms with van der Waals surface area (Å²) in [6.45, 7) is 3.94. The molecule has 0 aliphatic carbocycles. The highest BCUT2D eigenvalue weighted by Gasteiger charge is 2.37. The van der Waals surface area contributed by atoms with E-state index in [2.05, 4.69) is 9.97 Å². The molecule has 0 saturated carbocycles. The minimum Gasteiger partial charge on any atom is -0.495 e. The second-order valence-electron chi connectivity index (χ2n) is 5.89. The number of ether oxygens (including phenoxy) is 1. The third-order valence-electron chi connectivity index (χ3n) is 4.30. The lowest BCUT2D eigenvalue weighted by molar-refractivity contribution is 0.0281. The molecule has 0 bridgehead atoms. The van der Waals surface area contributed by atoms with E-state index in [1.54, 1.807) is 19.6 Å². The maximum atomic E-state index is 11.3. The molecule has 120 valence electrons. The number of fused-ring (bicyclic) bond motifs is 1. The average Bonchev–Trinajstić information content (AvgIpc) is 3.09. The standard InChI is InChI=1S/C18H19ClN2O2/c1-11(2)18(22,16-9-20-10-21-16)13-5-6-14-12(8-13)4-7-15(23-3)17(14)19/h4-11,22H,1-3H3,(H,20,21). The minimum atomic E-state index is -1.17. The van der Waals surface area contributed by atoms with Crippen molar-refractivity contribution < 1.29 is 9.84 Å². The maximum absolute atomic E-state index is 11.3. The Morgan fingerprint density at radius 2 is 2.04 bits per heavy atom. The molecule has 3 rings (SSSR count). The molecule has 1 atom stereocenters. The fourth-order valence-corrected chi connectivity index (χ4v) is 3.22. The van der Waals surface area contributed by atoms with Crippen LogP contribution in [0.25, 0.3) is 10.8 Å². The zero-order valence-electron chi connectivity index (χ0n) is 13.3. The van der Waals surface area contributed by atoms with Crippen molar-refractivity contribution in [1.29, 1.82) is 0 Å². The maximum Gasteiger partial charge on any atom is 0.138 e. The number of aromatic nitrogens is 2. The normalized spacial score (nSPS) is 14.2. The first-order valence-electron chi connectivity index (χ1n) is 7.46. The summed E-state index contributed by atoms with van der Waals surface area (Å²) in [6.07, 6.45) is 3.30. The van der Waals surface area contributed by atoms with Crippen LogP contribution >= 0.6 is 11.6 Å². The molecular weight excluding hydrogens is 312 g/mol. The van der Waals surface area contributed by atoms with Gasteiger partial charge in [-0.25, -0.2) is 4.98 Å². The second kappa shape index (κ2) is 5.87. The first kappa shape index (κ1) is 15.8. The number of rotatable bonds is 4. The lowest BCUT2D eigenvalue weighted by Gasteiger charge is -2.31. The third kappa shape index (κ3) is 2.48. The van der Waals surface area contributed by atoms with Crippen molar-refractivity contribution in [3.8, 4) is 5.75 Å². The second-order valence-corrected chi connectivity index (χ2v) is 6.27. The van der Waals surface area contributed by atoms with Crippen molar-refractivity contribution in [2.75, 3.05) is 7.11 Å². The van der Waals surface area contributed by atoms with Crippen molar-refractivity contribution in [3.63, 3.8) is 0 Å². The van der Waals surface area contributed by atoms with Crippen LogP contribution in [0.1, 0.15) is 25.1 Å². The Labute approximate surface area is 140 Å². The SMILES string of the molecule is COc1ccc2cc(C(O)(c3c[nH]cn3)C(C)C)ccc2c1Cl. The van der Waals surface area contributed by atoms with Crippen LogP contribution < -0.4 is 4.74 Å². The minimum absolute atomic E-state index is 0.0445. The van der Waals surface area contributed by atoms with Crippen molar-refractivity contribution in [2.24, 2.45) is 5.92 Å². The molecule has 0 aliphatic heterocycles. The summed E-state index contributed by atoms with van der Waals surface area (Å²) >= 11 is 6.37. The molecule has 0 radical (unpaired) electrons. The Bertz CT molecular complexity index is 830. The highest BCUT2D eigenvalue weighted by atomic mass is 35.5. The van der Waals surface area contributed by atoms with E-state index in [1.165, 1.54) is 0 Å². The van der Waals surface area contributed by atoms with Crippen LogP contribution in [0.15, 0.2) is 42.9 Å². The molecular formula is C18H19ClN2O2. The summed E-state index contributed by atoms with van der Waals surface area (Å²) in [5.74, 6) is 0.593. The number of nitrogens with one attached hydrogen (secondary N) is 1. The van der Waals surface area contributed by atoms with Gasteiger partial charge in [0.25, 0.3) is 0 Å². The lowest BCUT2D eigenvalue weighted by atomic mass is 9.80. The van der Waals surface area contributed by atoms with Crippen molar-refractivity contribution in [2.45, 2.75) is 19.4 Å². The fourth-order valence-electron chi connectivity index (χ4n) is 2.91. The van der Waals surface area contributed by atoms with E-state index < -0.39 is 5.60 Å². The van der Waals surface area contributed by atoms with E-state index in [4.69, 9.17) is 16.3 Å². The molecule has 23 heavy (non-hydrogen) atoms. The molecule has 5 heteroatoms. The van der Waals surface area contributed by atoms with Crippen LogP contribution in [0.3, 0.4) is 0 Å². The molecule has 0 saturated heterocycles. The Kier molecular flexibility index (Phi) is 4.04. The van der Waals surface area contributed by atoms with Gasteiger partial charge in [-0.3, -0.25) is 0 Å². The predicted molar refractivity (Wildman–Crippen MR) is 91.9 cm³/mol. The van der Waals surface area contributed by atoms with Gasteiger partial charge in [-0.1, -0.05) is 43.6 Å². The van der Waals surface area contributed by atoms with Gasteiger partial charge >= 0.3 is 0 Å². The van der Waals surface area contributed by atoms with Gasteiger partial charge in [0, 0.05) is 11.6 Å². The number of aliphatic hydroxyl groups is 1. The Balaban J connectivity index is 2.19. The third-order valence-corrected chi connectivity index (χ3v) is 4.69. The first-order chi connectivity index (χ1) is 11.0. The molecule has 1 heterocycles. The molecule has 0 spiro atoms. The van der Waals surface area contributed by atoms with E-state index in [-0.39, 0.29) is 5.92 Å². The van der Waals surface area contributed by atoms with Crippen LogP contribution in [0.5, 0.6) is 5.75 Å². The van der Waals surface area contributed by atoms with E-state index in [0.717, 1.165) is 16.3 Å². The number of hydrogen-bond acceptors (Lipinski definition) is 3. The van der Waals surface area contributed by atoms with Gasteiger partial charge in [0.15, 0.2) is 0 Å². The zero-order valence-corrected chi connectivity index (χ0v) is 14.1. The van der Waals surface area contributed by atoms with Gasteiger partial charge in [0.05, 0.1) is 24.2 Å². The van der Waals surface area contributed by atoms with E-state index in [0.29, 0.717) is 16.5 Å². The lowest BCUT2D eigenvalue weighted by Crippen LogP contribution is -2.33. The summed E-state index contributed by atoms with van der Waals surface area (Å²) in [5.41, 5.74) is 0.223. The highest BCUT2D eigenvalue weighted by molar-refractivity contribution is 6.37. The van der Waals surface area contributed by atoms with Crippen LogP contribution in [0.2, 0.25) is 5.02 Å². The summed E-state index contributed by atoms with van der Waals surface area (Å²) in [5, 5.41) is 13.7. The number of benzene rings is 2. The topological polar surface area (TPSA) is 58.1 Å². The number of aromatic amines is 1. The summed E-state index contributed by atoms with van der Waals surface area (Å²) in [6, 6.07) is 9.53.